The number of benzene rings is 2. The molecule has 0 aromatic heterocycles. The molecular formula is C18H15ClN2O5. The molecule has 134 valence electrons. The molecular weight excluding hydrogens is 360 g/mol. The van der Waals surface area contributed by atoms with E-state index in [0.29, 0.717) is 41.0 Å². The lowest BCUT2D eigenvalue weighted by Crippen LogP contribution is -2.08. The number of hydrogen-bond acceptors (Lipinski definition) is 5. The van der Waals surface area contributed by atoms with Gasteiger partial charge in [0.25, 0.3) is 5.69 Å². The number of nitro groups is 1. The molecule has 0 atom stereocenters. The van der Waals surface area contributed by atoms with Crippen molar-refractivity contribution >= 4 is 35.0 Å². The molecule has 1 aliphatic rings. The van der Waals surface area contributed by atoms with Gasteiger partial charge in [0.1, 0.15) is 0 Å². The summed E-state index contributed by atoms with van der Waals surface area (Å²) in [5.41, 5.74) is 1.07. The third kappa shape index (κ3) is 4.31. The highest BCUT2D eigenvalue weighted by atomic mass is 35.5. The summed E-state index contributed by atoms with van der Waals surface area (Å²) in [5.74, 6) is 0.688. The number of nitrogens with one attached hydrogen (secondary N) is 1. The zero-order valence-electron chi connectivity index (χ0n) is 13.6. The number of carbonyl (C=O) groups is 1. The summed E-state index contributed by atoms with van der Waals surface area (Å²) < 4.78 is 11.1. The van der Waals surface area contributed by atoms with Crippen LogP contribution in [0.5, 0.6) is 11.5 Å². The van der Waals surface area contributed by atoms with Crippen LogP contribution in [0.15, 0.2) is 42.5 Å². The second-order valence-electron chi connectivity index (χ2n) is 5.50. The number of non-ortho nitro benzene ring substituents is 1. The van der Waals surface area contributed by atoms with E-state index in [-0.39, 0.29) is 11.6 Å². The first kappa shape index (κ1) is 17.8. The molecule has 0 fully saturated rings. The first-order valence-corrected chi connectivity index (χ1v) is 8.23. The number of hydrogen-bond donors (Lipinski definition) is 1. The van der Waals surface area contributed by atoms with Crippen LogP contribution < -0.4 is 14.8 Å². The van der Waals surface area contributed by atoms with E-state index in [2.05, 4.69) is 5.32 Å². The Bertz CT molecular complexity index is 865. The number of carbonyl (C=O) groups excluding carboxylic acids is 1. The standard InChI is InChI=1S/C18H15ClN2O5/c19-14-10-16-17(26-9-1-8-25-16)11-15(14)20-18(22)7-4-12-2-5-13(6-3-12)21(23)24/h2-7,10-11H,1,8-9H2,(H,20,22)/b7-4+. The molecule has 1 amide bonds. The smallest absolute Gasteiger partial charge is 0.269 e. The Morgan fingerprint density at radius 1 is 1.15 bits per heavy atom. The second-order valence-corrected chi connectivity index (χ2v) is 5.91. The van der Waals surface area contributed by atoms with Crippen molar-refractivity contribution in [2.24, 2.45) is 0 Å². The number of rotatable bonds is 4. The van der Waals surface area contributed by atoms with Crippen LogP contribution in [-0.4, -0.2) is 24.0 Å². The van der Waals surface area contributed by atoms with E-state index in [1.165, 1.54) is 18.2 Å². The van der Waals surface area contributed by atoms with Crippen molar-refractivity contribution < 1.29 is 19.2 Å². The van der Waals surface area contributed by atoms with Crippen LogP contribution >= 0.6 is 11.6 Å². The molecule has 0 radical (unpaired) electrons. The largest absolute Gasteiger partial charge is 0.490 e. The summed E-state index contributed by atoms with van der Waals surface area (Å²) in [7, 11) is 0. The summed E-state index contributed by atoms with van der Waals surface area (Å²) in [4.78, 5) is 22.3. The van der Waals surface area contributed by atoms with Crippen molar-refractivity contribution in [3.05, 3.63) is 63.2 Å². The van der Waals surface area contributed by atoms with Gasteiger partial charge in [0.2, 0.25) is 5.91 Å². The molecule has 1 heterocycles. The fourth-order valence-corrected chi connectivity index (χ4v) is 2.53. The van der Waals surface area contributed by atoms with Crippen molar-refractivity contribution in [3.8, 4) is 11.5 Å². The molecule has 2 aromatic rings. The maximum absolute atomic E-state index is 12.1. The Labute approximate surface area is 154 Å². The number of halogens is 1. The average Bonchev–Trinajstić information content (AvgIpc) is 2.85. The number of fused-ring (bicyclic) bond motifs is 1. The maximum atomic E-state index is 12.1. The first-order valence-electron chi connectivity index (χ1n) is 7.85. The van der Waals surface area contributed by atoms with E-state index < -0.39 is 4.92 Å². The summed E-state index contributed by atoms with van der Waals surface area (Å²) in [6, 6.07) is 9.10. The van der Waals surface area contributed by atoms with E-state index in [1.807, 2.05) is 0 Å². The van der Waals surface area contributed by atoms with Gasteiger partial charge in [-0.2, -0.15) is 0 Å². The first-order chi connectivity index (χ1) is 12.5. The van der Waals surface area contributed by atoms with Crippen LogP contribution in [0, 0.1) is 10.1 Å². The molecule has 2 aromatic carbocycles. The number of nitrogens with zero attached hydrogens (tertiary/aromatic N) is 1. The highest BCUT2D eigenvalue weighted by molar-refractivity contribution is 6.34. The summed E-state index contributed by atoms with van der Waals surface area (Å²) >= 11 is 6.18. The Balaban J connectivity index is 1.69. The predicted octanol–water partition coefficient (Wildman–Crippen LogP) is 4.06. The van der Waals surface area contributed by atoms with E-state index >= 15 is 0 Å². The highest BCUT2D eigenvalue weighted by Crippen LogP contribution is 2.37. The topological polar surface area (TPSA) is 90.7 Å². The normalized spacial score (nSPS) is 13.3. The van der Waals surface area contributed by atoms with E-state index in [4.69, 9.17) is 21.1 Å². The third-order valence-electron chi connectivity index (χ3n) is 3.63. The van der Waals surface area contributed by atoms with Gasteiger partial charge in [-0.25, -0.2) is 0 Å². The van der Waals surface area contributed by atoms with Crippen LogP contribution in [0.4, 0.5) is 11.4 Å². The summed E-state index contributed by atoms with van der Waals surface area (Å²) in [6.07, 6.45) is 3.64. The monoisotopic (exact) mass is 374 g/mol. The molecule has 7 nitrogen and oxygen atoms in total. The van der Waals surface area contributed by atoms with Gasteiger partial charge in [0.15, 0.2) is 11.5 Å². The Morgan fingerprint density at radius 3 is 2.46 bits per heavy atom. The van der Waals surface area contributed by atoms with Gasteiger partial charge < -0.3 is 14.8 Å². The molecule has 26 heavy (non-hydrogen) atoms. The van der Waals surface area contributed by atoms with Crippen molar-refractivity contribution in [1.82, 2.24) is 0 Å². The fraction of sp³-hybridized carbons (Fsp3) is 0.167. The Hall–Kier alpha value is -3.06. The minimum absolute atomic E-state index is 0.00872. The van der Waals surface area contributed by atoms with Crippen molar-refractivity contribution in [1.29, 1.82) is 0 Å². The highest BCUT2D eigenvalue weighted by Gasteiger charge is 2.15. The SMILES string of the molecule is O=C(/C=C/c1ccc([N+](=O)[O-])cc1)Nc1cc2c(cc1Cl)OCCCO2. The molecule has 0 aliphatic carbocycles. The van der Waals surface area contributed by atoms with E-state index in [1.54, 1.807) is 30.3 Å². The van der Waals surface area contributed by atoms with Crippen molar-refractivity contribution in [2.75, 3.05) is 18.5 Å². The summed E-state index contributed by atoms with van der Waals surface area (Å²) in [5, 5.41) is 13.6. The number of ether oxygens (including phenoxy) is 2. The lowest BCUT2D eigenvalue weighted by molar-refractivity contribution is -0.384. The molecule has 1 N–H and O–H groups in total. The number of nitro benzene ring substituents is 1. The third-order valence-corrected chi connectivity index (χ3v) is 3.94. The minimum Gasteiger partial charge on any atom is -0.490 e. The van der Waals surface area contributed by atoms with Gasteiger partial charge >= 0.3 is 0 Å². The Kier molecular flexibility index (Phi) is 5.38. The van der Waals surface area contributed by atoms with Gasteiger partial charge in [-0.1, -0.05) is 11.6 Å². The molecule has 3 rings (SSSR count). The molecule has 0 unspecified atom stereocenters. The van der Waals surface area contributed by atoms with Gasteiger partial charge in [0.05, 0.1) is 28.8 Å². The van der Waals surface area contributed by atoms with Crippen LogP contribution in [0.25, 0.3) is 6.08 Å². The summed E-state index contributed by atoms with van der Waals surface area (Å²) in [6.45, 7) is 1.08. The molecule has 0 spiro atoms. The Morgan fingerprint density at radius 2 is 1.81 bits per heavy atom. The number of anilines is 1. The lowest BCUT2D eigenvalue weighted by atomic mass is 10.2. The molecule has 1 aliphatic heterocycles. The number of amides is 1. The zero-order chi connectivity index (χ0) is 18.5. The van der Waals surface area contributed by atoms with Crippen molar-refractivity contribution in [2.45, 2.75) is 6.42 Å². The minimum atomic E-state index is -0.480. The quantitative estimate of drug-likeness (QED) is 0.495. The van der Waals surface area contributed by atoms with Gasteiger partial charge in [0, 0.05) is 36.8 Å². The average molecular weight is 375 g/mol. The molecule has 0 saturated carbocycles. The van der Waals surface area contributed by atoms with Gasteiger partial charge in [-0.3, -0.25) is 14.9 Å². The van der Waals surface area contributed by atoms with Crippen LogP contribution in [0.3, 0.4) is 0 Å². The van der Waals surface area contributed by atoms with E-state index in [0.717, 1.165) is 6.42 Å². The molecule has 0 saturated heterocycles. The molecule has 8 heteroatoms. The van der Waals surface area contributed by atoms with Crippen LogP contribution in [-0.2, 0) is 4.79 Å². The maximum Gasteiger partial charge on any atom is 0.269 e. The van der Waals surface area contributed by atoms with E-state index in [9.17, 15) is 14.9 Å². The van der Waals surface area contributed by atoms with Crippen LogP contribution in [0.1, 0.15) is 12.0 Å². The van der Waals surface area contributed by atoms with Crippen LogP contribution in [0.2, 0.25) is 5.02 Å². The zero-order valence-corrected chi connectivity index (χ0v) is 14.4. The van der Waals surface area contributed by atoms with Gasteiger partial charge in [-0.05, 0) is 23.8 Å². The fourth-order valence-electron chi connectivity index (χ4n) is 2.33. The van der Waals surface area contributed by atoms with Crippen molar-refractivity contribution in [3.63, 3.8) is 0 Å². The van der Waals surface area contributed by atoms with Gasteiger partial charge in [-0.15, -0.1) is 0 Å². The lowest BCUT2D eigenvalue weighted by Gasteiger charge is -2.11. The predicted molar refractivity (Wildman–Crippen MR) is 97.8 cm³/mol. The molecule has 0 bridgehead atoms. The second kappa shape index (κ2) is 7.88.